The summed E-state index contributed by atoms with van der Waals surface area (Å²) >= 11 is 0. The monoisotopic (exact) mass is 420 g/mol. The SMILES string of the molecule is CCn1nnc2c(N3CC(C(=O)N4CCN(c5cc(C)ccc5C)CC4)C3)ncnc21. The van der Waals surface area contributed by atoms with E-state index < -0.39 is 0 Å². The van der Waals surface area contributed by atoms with Crippen molar-refractivity contribution in [1.82, 2.24) is 29.9 Å². The molecule has 2 fully saturated rings. The number of carbonyl (C=O) groups is 1. The molecule has 31 heavy (non-hydrogen) atoms. The van der Waals surface area contributed by atoms with E-state index in [4.69, 9.17) is 0 Å². The van der Waals surface area contributed by atoms with Crippen molar-refractivity contribution in [2.75, 3.05) is 49.1 Å². The third-order valence-corrected chi connectivity index (χ3v) is 6.41. The average Bonchev–Trinajstić information content (AvgIpc) is 3.18. The summed E-state index contributed by atoms with van der Waals surface area (Å²) < 4.78 is 1.76. The summed E-state index contributed by atoms with van der Waals surface area (Å²) in [6, 6.07) is 6.57. The molecule has 0 saturated carbocycles. The number of anilines is 2. The quantitative estimate of drug-likeness (QED) is 0.634. The molecule has 2 saturated heterocycles. The minimum atomic E-state index is 0.0125. The van der Waals surface area contributed by atoms with Gasteiger partial charge in [0.15, 0.2) is 17.0 Å². The van der Waals surface area contributed by atoms with Crippen molar-refractivity contribution in [2.24, 2.45) is 5.92 Å². The zero-order valence-electron chi connectivity index (χ0n) is 18.3. The predicted molar refractivity (Wildman–Crippen MR) is 119 cm³/mol. The fraction of sp³-hybridized carbons (Fsp3) is 0.500. The molecule has 1 aromatic carbocycles. The Hall–Kier alpha value is -3.23. The molecule has 0 unspecified atom stereocenters. The maximum Gasteiger partial charge on any atom is 0.229 e. The summed E-state index contributed by atoms with van der Waals surface area (Å²) in [6.07, 6.45) is 1.55. The number of benzene rings is 1. The third-order valence-electron chi connectivity index (χ3n) is 6.41. The molecule has 9 nitrogen and oxygen atoms in total. The maximum atomic E-state index is 13.1. The lowest BCUT2D eigenvalue weighted by molar-refractivity contribution is -0.136. The molecule has 9 heteroatoms. The molecule has 162 valence electrons. The highest BCUT2D eigenvalue weighted by molar-refractivity contribution is 5.86. The summed E-state index contributed by atoms with van der Waals surface area (Å²) in [5.41, 5.74) is 5.29. The van der Waals surface area contributed by atoms with Crippen LogP contribution in [-0.4, -0.2) is 75.0 Å². The van der Waals surface area contributed by atoms with Crippen LogP contribution >= 0.6 is 0 Å². The van der Waals surface area contributed by atoms with E-state index in [0.29, 0.717) is 25.2 Å². The summed E-state index contributed by atoms with van der Waals surface area (Å²) in [7, 11) is 0. The normalized spacial score (nSPS) is 17.3. The van der Waals surface area contributed by atoms with Gasteiger partial charge in [0.1, 0.15) is 6.33 Å². The van der Waals surface area contributed by atoms with Gasteiger partial charge >= 0.3 is 0 Å². The first-order valence-electron chi connectivity index (χ1n) is 10.9. The smallest absolute Gasteiger partial charge is 0.229 e. The van der Waals surface area contributed by atoms with Gasteiger partial charge in [0, 0.05) is 51.5 Å². The Labute approximate surface area is 181 Å². The van der Waals surface area contributed by atoms with Crippen LogP contribution in [0.15, 0.2) is 24.5 Å². The van der Waals surface area contributed by atoms with Gasteiger partial charge in [-0.25, -0.2) is 14.6 Å². The fourth-order valence-corrected chi connectivity index (χ4v) is 4.52. The van der Waals surface area contributed by atoms with Gasteiger partial charge in [0.25, 0.3) is 0 Å². The second-order valence-electron chi connectivity index (χ2n) is 8.48. The van der Waals surface area contributed by atoms with Gasteiger partial charge in [-0.1, -0.05) is 17.3 Å². The number of nitrogens with zero attached hydrogens (tertiary/aromatic N) is 8. The van der Waals surface area contributed by atoms with E-state index in [2.05, 4.69) is 62.1 Å². The molecule has 2 aromatic heterocycles. The highest BCUT2D eigenvalue weighted by atomic mass is 16.2. The molecule has 2 aliphatic rings. The first-order valence-corrected chi connectivity index (χ1v) is 10.9. The zero-order chi connectivity index (χ0) is 21.5. The summed E-state index contributed by atoms with van der Waals surface area (Å²) in [4.78, 5) is 28.3. The van der Waals surface area contributed by atoms with Gasteiger partial charge in [0.05, 0.1) is 5.92 Å². The Kier molecular flexibility index (Phi) is 4.95. The lowest BCUT2D eigenvalue weighted by atomic mass is 9.97. The second kappa shape index (κ2) is 7.79. The van der Waals surface area contributed by atoms with E-state index in [1.807, 2.05) is 11.8 Å². The molecule has 0 N–H and O–H groups in total. The van der Waals surface area contributed by atoms with Gasteiger partial charge in [-0.3, -0.25) is 4.79 Å². The number of fused-ring (bicyclic) bond motifs is 1. The first kappa shape index (κ1) is 19.7. The lowest BCUT2D eigenvalue weighted by Gasteiger charge is -2.43. The van der Waals surface area contributed by atoms with Crippen molar-refractivity contribution in [2.45, 2.75) is 27.3 Å². The van der Waals surface area contributed by atoms with Crippen LogP contribution in [0.25, 0.3) is 11.2 Å². The van der Waals surface area contributed by atoms with Crippen molar-refractivity contribution < 1.29 is 4.79 Å². The molecule has 0 aliphatic carbocycles. The average molecular weight is 421 g/mol. The minimum absolute atomic E-state index is 0.0125. The summed E-state index contributed by atoms with van der Waals surface area (Å²) in [5.74, 6) is 1.03. The Morgan fingerprint density at radius 1 is 1.06 bits per heavy atom. The van der Waals surface area contributed by atoms with Crippen LogP contribution in [0.3, 0.4) is 0 Å². The van der Waals surface area contributed by atoms with E-state index in [9.17, 15) is 4.79 Å². The molecule has 0 spiro atoms. The number of aryl methyl sites for hydroxylation is 3. The van der Waals surface area contributed by atoms with Crippen LogP contribution in [0.4, 0.5) is 11.5 Å². The molecule has 4 heterocycles. The number of rotatable bonds is 4. The number of aromatic nitrogens is 5. The van der Waals surface area contributed by atoms with E-state index >= 15 is 0 Å². The zero-order valence-corrected chi connectivity index (χ0v) is 18.3. The molecule has 0 atom stereocenters. The number of hydrogen-bond acceptors (Lipinski definition) is 7. The van der Waals surface area contributed by atoms with Gasteiger partial charge in [-0.15, -0.1) is 5.10 Å². The predicted octanol–water partition coefficient (Wildman–Crippen LogP) is 1.64. The van der Waals surface area contributed by atoms with Crippen LogP contribution < -0.4 is 9.80 Å². The van der Waals surface area contributed by atoms with Crippen LogP contribution in [0.5, 0.6) is 0 Å². The van der Waals surface area contributed by atoms with Gasteiger partial charge in [-0.05, 0) is 38.0 Å². The largest absolute Gasteiger partial charge is 0.368 e. The number of hydrogen-bond donors (Lipinski definition) is 0. The maximum absolute atomic E-state index is 13.1. The molecular formula is C22H28N8O. The van der Waals surface area contributed by atoms with Crippen molar-refractivity contribution in [3.8, 4) is 0 Å². The first-order chi connectivity index (χ1) is 15.0. The van der Waals surface area contributed by atoms with Gasteiger partial charge < -0.3 is 14.7 Å². The number of carbonyl (C=O) groups excluding carboxylic acids is 1. The van der Waals surface area contributed by atoms with Crippen LogP contribution in [0, 0.1) is 19.8 Å². The second-order valence-corrected chi connectivity index (χ2v) is 8.48. The van der Waals surface area contributed by atoms with Crippen LogP contribution in [0.2, 0.25) is 0 Å². The van der Waals surface area contributed by atoms with Crippen LogP contribution in [0.1, 0.15) is 18.1 Å². The topological polar surface area (TPSA) is 83.3 Å². The van der Waals surface area contributed by atoms with Gasteiger partial charge in [-0.2, -0.15) is 0 Å². The highest BCUT2D eigenvalue weighted by Gasteiger charge is 2.38. The number of amides is 1. The van der Waals surface area contributed by atoms with E-state index in [1.165, 1.54) is 16.8 Å². The minimum Gasteiger partial charge on any atom is -0.368 e. The van der Waals surface area contributed by atoms with Crippen molar-refractivity contribution in [3.05, 3.63) is 35.7 Å². The van der Waals surface area contributed by atoms with E-state index in [0.717, 1.165) is 37.6 Å². The summed E-state index contributed by atoms with van der Waals surface area (Å²) in [5, 5.41) is 8.39. The Morgan fingerprint density at radius 2 is 1.84 bits per heavy atom. The molecule has 3 aromatic rings. The lowest BCUT2D eigenvalue weighted by Crippen LogP contribution is -2.58. The molecule has 0 bridgehead atoms. The number of piperazine rings is 1. The van der Waals surface area contributed by atoms with Crippen molar-refractivity contribution in [3.63, 3.8) is 0 Å². The van der Waals surface area contributed by atoms with Crippen molar-refractivity contribution in [1.29, 1.82) is 0 Å². The molecule has 0 radical (unpaired) electrons. The van der Waals surface area contributed by atoms with Crippen LogP contribution in [-0.2, 0) is 11.3 Å². The molecule has 5 rings (SSSR count). The Bertz CT molecular complexity index is 1110. The molecule has 1 amide bonds. The Balaban J connectivity index is 1.20. The van der Waals surface area contributed by atoms with E-state index in [1.54, 1.807) is 11.0 Å². The molecule has 2 aliphatic heterocycles. The van der Waals surface area contributed by atoms with Gasteiger partial charge in [0.2, 0.25) is 5.91 Å². The highest BCUT2D eigenvalue weighted by Crippen LogP contribution is 2.29. The standard InChI is InChI=1S/C22H28N8O/c1-4-30-21-19(25-26-30)20(23-14-24-21)29-12-17(13-29)22(31)28-9-7-27(8-10-28)18-11-15(2)5-6-16(18)3/h5-6,11,14,17H,4,7-10,12-13H2,1-3H3. The fourth-order valence-electron chi connectivity index (χ4n) is 4.52. The molecular weight excluding hydrogens is 392 g/mol. The Morgan fingerprint density at radius 3 is 2.58 bits per heavy atom. The third kappa shape index (κ3) is 3.47. The van der Waals surface area contributed by atoms with Crippen molar-refractivity contribution >= 4 is 28.6 Å². The summed E-state index contributed by atoms with van der Waals surface area (Å²) in [6.45, 7) is 11.6. The van der Waals surface area contributed by atoms with E-state index in [-0.39, 0.29) is 11.8 Å².